The topological polar surface area (TPSA) is 35.6 Å². The molecule has 0 aliphatic carbocycles. The smallest absolute Gasteiger partial charge is 0.251 e. The third-order valence-corrected chi connectivity index (χ3v) is 8.85. The lowest BCUT2D eigenvalue weighted by molar-refractivity contribution is 0.0950. The first-order valence-electron chi connectivity index (χ1n) is 11.1. The van der Waals surface area contributed by atoms with Crippen LogP contribution in [0.1, 0.15) is 40.0 Å². The van der Waals surface area contributed by atoms with Gasteiger partial charge in [0.15, 0.2) is 11.6 Å². The minimum absolute atomic E-state index is 0.0486. The number of nitrogens with one attached hydrogen (secondary N) is 1. The minimum atomic E-state index is -1.09. The molecule has 10 heteroatoms. The van der Waals surface area contributed by atoms with Gasteiger partial charge in [0, 0.05) is 52.0 Å². The molecule has 0 bridgehead atoms. The molecule has 2 unspecified atom stereocenters. The Morgan fingerprint density at radius 3 is 2.42 bits per heavy atom. The number of anilines is 1. The predicted molar refractivity (Wildman–Crippen MR) is 129 cm³/mol. The molecule has 1 amide bonds. The van der Waals surface area contributed by atoms with Gasteiger partial charge in [-0.05, 0) is 50.1 Å². The molecular formula is C26H22F5N3OS. The Bertz CT molecular complexity index is 1430. The summed E-state index contributed by atoms with van der Waals surface area (Å²) in [5.41, 5.74) is 1.63. The molecule has 2 atom stereocenters. The third kappa shape index (κ3) is 3.88. The molecule has 0 saturated heterocycles. The largest absolute Gasteiger partial charge is 0.348 e. The van der Waals surface area contributed by atoms with Gasteiger partial charge in [0.2, 0.25) is 0 Å². The third-order valence-electron chi connectivity index (χ3n) is 6.75. The molecule has 2 aliphatic heterocycles. The van der Waals surface area contributed by atoms with Gasteiger partial charge in [-0.3, -0.25) is 9.69 Å². The van der Waals surface area contributed by atoms with Crippen molar-refractivity contribution in [3.8, 4) is 0 Å². The predicted octanol–water partition coefficient (Wildman–Crippen LogP) is 5.68. The lowest BCUT2D eigenvalue weighted by atomic mass is 9.98. The molecule has 188 valence electrons. The highest BCUT2D eigenvalue weighted by Crippen LogP contribution is 2.45. The van der Waals surface area contributed by atoms with Crippen molar-refractivity contribution in [2.45, 2.75) is 31.0 Å². The van der Waals surface area contributed by atoms with Crippen molar-refractivity contribution in [2.24, 2.45) is 0 Å². The summed E-state index contributed by atoms with van der Waals surface area (Å²) < 4.78 is 69.9. The van der Waals surface area contributed by atoms with Crippen LogP contribution in [0.15, 0.2) is 47.4 Å². The highest BCUT2D eigenvalue weighted by Gasteiger charge is 2.37. The summed E-state index contributed by atoms with van der Waals surface area (Å²) in [7, 11) is 1.38. The van der Waals surface area contributed by atoms with E-state index in [-0.39, 0.29) is 23.7 Å². The Balaban J connectivity index is 1.51. The maximum Gasteiger partial charge on any atom is 0.251 e. The van der Waals surface area contributed by atoms with Crippen molar-refractivity contribution < 1.29 is 26.7 Å². The van der Waals surface area contributed by atoms with Crippen LogP contribution in [0, 0.1) is 29.1 Å². The Kier molecular flexibility index (Phi) is 6.12. The Morgan fingerprint density at radius 1 is 1.03 bits per heavy atom. The number of benzene rings is 3. The second kappa shape index (κ2) is 9.01. The minimum Gasteiger partial charge on any atom is -0.348 e. The van der Waals surface area contributed by atoms with Crippen LogP contribution < -0.4 is 10.2 Å². The molecule has 0 spiro atoms. The van der Waals surface area contributed by atoms with Crippen LogP contribution in [-0.4, -0.2) is 29.2 Å². The normalized spacial score (nSPS) is 19.0. The van der Waals surface area contributed by atoms with E-state index in [0.29, 0.717) is 17.8 Å². The van der Waals surface area contributed by atoms with E-state index in [2.05, 4.69) is 10.2 Å². The molecule has 4 nitrogen and oxygen atoms in total. The maximum absolute atomic E-state index is 14.8. The van der Waals surface area contributed by atoms with Gasteiger partial charge in [0.25, 0.3) is 5.91 Å². The van der Waals surface area contributed by atoms with E-state index in [1.54, 1.807) is 24.3 Å². The summed E-state index contributed by atoms with van der Waals surface area (Å²) in [5.74, 6) is -5.61. The molecular weight excluding hydrogens is 497 g/mol. The van der Waals surface area contributed by atoms with E-state index in [1.807, 2.05) is 25.1 Å². The van der Waals surface area contributed by atoms with E-state index in [4.69, 9.17) is 0 Å². The van der Waals surface area contributed by atoms with Gasteiger partial charge in [-0.1, -0.05) is 6.07 Å². The van der Waals surface area contributed by atoms with Crippen LogP contribution in [-0.2, 0) is 13.1 Å². The number of carbonyl (C=O) groups is 1. The summed E-state index contributed by atoms with van der Waals surface area (Å²) in [6.07, 6.45) is 1.95. The van der Waals surface area contributed by atoms with Crippen LogP contribution in [0.2, 0.25) is 0 Å². The van der Waals surface area contributed by atoms with Crippen LogP contribution in [0.3, 0.4) is 0 Å². The van der Waals surface area contributed by atoms with Gasteiger partial charge in [-0.15, -0.1) is 10.5 Å². The van der Waals surface area contributed by atoms with E-state index < -0.39 is 57.6 Å². The summed E-state index contributed by atoms with van der Waals surface area (Å²) in [6, 6.07) is 8.85. The number of rotatable bonds is 3. The maximum atomic E-state index is 14.8. The number of hydrogen-bond acceptors (Lipinski definition) is 3. The summed E-state index contributed by atoms with van der Waals surface area (Å²) in [6.45, 7) is 1.64. The van der Waals surface area contributed by atoms with Gasteiger partial charge in [0.05, 0.1) is 6.54 Å². The summed E-state index contributed by atoms with van der Waals surface area (Å²) in [5, 5.41) is 3.39. The van der Waals surface area contributed by atoms with Gasteiger partial charge >= 0.3 is 0 Å². The summed E-state index contributed by atoms with van der Waals surface area (Å²) >= 11 is 0. The molecule has 0 aromatic heterocycles. The quantitative estimate of drug-likeness (QED) is 0.357. The van der Waals surface area contributed by atoms with Gasteiger partial charge < -0.3 is 10.2 Å². The zero-order chi connectivity index (χ0) is 25.9. The number of nitrogens with zero attached hydrogens (tertiary/aromatic N) is 2. The second-order valence-corrected chi connectivity index (χ2v) is 10.6. The first-order valence-corrected chi connectivity index (χ1v) is 12.8. The zero-order valence-corrected chi connectivity index (χ0v) is 20.5. The molecule has 2 heterocycles. The SMILES string of the molecule is CC1c2ccc(C(=O)NCc3c(F)cc(F)cc3F)cc2N2Cc3c(ccc(F)c3F)S(C)=C2N1C. The Labute approximate surface area is 207 Å². The van der Waals surface area contributed by atoms with Crippen molar-refractivity contribution >= 4 is 27.2 Å². The Hall–Kier alpha value is -3.24. The van der Waals surface area contributed by atoms with E-state index in [1.165, 1.54) is 0 Å². The summed E-state index contributed by atoms with van der Waals surface area (Å²) in [4.78, 5) is 17.6. The number of hydrogen-bond donors (Lipinski definition) is 1. The lowest BCUT2D eigenvalue weighted by Crippen LogP contribution is -2.49. The van der Waals surface area contributed by atoms with Crippen LogP contribution >= 0.6 is 10.5 Å². The van der Waals surface area contributed by atoms with Crippen molar-refractivity contribution in [3.63, 3.8) is 0 Å². The first-order chi connectivity index (χ1) is 17.1. The fourth-order valence-electron chi connectivity index (χ4n) is 4.75. The van der Waals surface area contributed by atoms with Crippen LogP contribution in [0.25, 0.3) is 0 Å². The Morgan fingerprint density at radius 2 is 1.72 bits per heavy atom. The lowest BCUT2D eigenvalue weighted by Gasteiger charge is -2.46. The molecule has 0 radical (unpaired) electrons. The van der Waals surface area contributed by atoms with Crippen molar-refractivity contribution in [3.05, 3.63) is 93.8 Å². The highest BCUT2D eigenvalue weighted by atomic mass is 32.2. The fraction of sp³-hybridized carbons (Fsp3) is 0.231. The second-order valence-electron chi connectivity index (χ2n) is 8.81. The fourth-order valence-corrected chi connectivity index (χ4v) is 6.83. The van der Waals surface area contributed by atoms with Crippen LogP contribution in [0.4, 0.5) is 27.6 Å². The monoisotopic (exact) mass is 519 g/mol. The molecule has 0 saturated carbocycles. The number of carbonyl (C=O) groups excluding carboxylic acids is 1. The van der Waals surface area contributed by atoms with Crippen molar-refractivity contribution in [2.75, 3.05) is 18.2 Å². The number of amides is 1. The molecule has 5 rings (SSSR count). The number of fused-ring (bicyclic) bond motifs is 4. The zero-order valence-electron chi connectivity index (χ0n) is 19.6. The van der Waals surface area contributed by atoms with Gasteiger partial charge in [-0.2, -0.15) is 0 Å². The molecule has 3 aromatic rings. The average Bonchev–Trinajstić information content (AvgIpc) is 2.83. The standard InChI is InChI=1S/C26H22F5N3OS/c1-13-16-5-4-14(25(35)32-11-17-20(29)9-15(27)10-21(17)30)8-22(16)34-12-18-23(7-6-19(28)24(18)31)36(3)26(34)33(13)2/h4-10,13H,11-12H2,1-3H3,(H,32,35). The van der Waals surface area contributed by atoms with Crippen molar-refractivity contribution in [1.82, 2.24) is 10.2 Å². The molecule has 36 heavy (non-hydrogen) atoms. The van der Waals surface area contributed by atoms with E-state index >= 15 is 0 Å². The molecule has 0 fully saturated rings. The first kappa shape index (κ1) is 24.5. The molecule has 2 aliphatic rings. The average molecular weight is 520 g/mol. The van der Waals surface area contributed by atoms with E-state index in [9.17, 15) is 26.7 Å². The van der Waals surface area contributed by atoms with Crippen LogP contribution in [0.5, 0.6) is 0 Å². The molecule has 3 aromatic carbocycles. The number of halogens is 5. The molecule has 1 N–H and O–H groups in total. The highest BCUT2D eigenvalue weighted by molar-refractivity contribution is 8.15. The van der Waals surface area contributed by atoms with Gasteiger partial charge in [-0.25, -0.2) is 22.0 Å². The van der Waals surface area contributed by atoms with Crippen molar-refractivity contribution in [1.29, 1.82) is 0 Å². The van der Waals surface area contributed by atoms with Gasteiger partial charge in [0.1, 0.15) is 22.6 Å². The van der Waals surface area contributed by atoms with E-state index in [0.717, 1.165) is 21.6 Å².